The summed E-state index contributed by atoms with van der Waals surface area (Å²) in [7, 11) is 0. The zero-order chi connectivity index (χ0) is 8.16. The Morgan fingerprint density at radius 3 is 2.82 bits per heavy atom. The molecule has 0 aromatic heterocycles. The van der Waals surface area contributed by atoms with Gasteiger partial charge < -0.3 is 5.32 Å². The van der Waals surface area contributed by atoms with Crippen molar-refractivity contribution in [1.29, 1.82) is 0 Å². The molecule has 2 heteroatoms. The predicted molar refractivity (Wildman–Crippen MR) is 47.5 cm³/mol. The van der Waals surface area contributed by atoms with Crippen LogP contribution in [0.25, 0.3) is 0 Å². The highest BCUT2D eigenvalue weighted by molar-refractivity contribution is 4.85. The number of hydrogen-bond acceptors (Lipinski definition) is 1. The van der Waals surface area contributed by atoms with E-state index in [2.05, 4.69) is 12.2 Å². The largest absolute Gasteiger partial charge is 0.312 e. The van der Waals surface area contributed by atoms with Gasteiger partial charge in [-0.2, -0.15) is 0 Å². The van der Waals surface area contributed by atoms with Gasteiger partial charge in [-0.05, 0) is 39.2 Å². The minimum atomic E-state index is 0.360. The Labute approximate surface area is 69.5 Å². The van der Waals surface area contributed by atoms with Crippen molar-refractivity contribution in [3.63, 3.8) is 0 Å². The van der Waals surface area contributed by atoms with Gasteiger partial charge in [0, 0.05) is 12.1 Å². The van der Waals surface area contributed by atoms with Crippen molar-refractivity contribution in [2.75, 3.05) is 13.1 Å². The molecule has 1 aliphatic heterocycles. The quantitative estimate of drug-likeness (QED) is 0.660. The Morgan fingerprint density at radius 1 is 1.45 bits per heavy atom. The average molecular weight is 155 g/mol. The molecule has 2 N–H and O–H groups in total. The smallest absolute Gasteiger partial charge is 0.0153 e. The van der Waals surface area contributed by atoms with E-state index in [0.29, 0.717) is 12.1 Å². The summed E-state index contributed by atoms with van der Waals surface area (Å²) >= 11 is 0. The number of nitrogens with one attached hydrogen (secondary N) is 2. The van der Waals surface area contributed by atoms with Crippen LogP contribution in [0.1, 0.15) is 39.0 Å². The monoisotopic (exact) mass is 155 g/mol. The van der Waals surface area contributed by atoms with Crippen molar-refractivity contribution in [3.8, 4) is 0 Å². The summed E-state index contributed by atoms with van der Waals surface area (Å²) in [5.74, 6) is 0. The number of rotatable bonds is 3. The average Bonchev–Trinajstić information content (AvgIpc) is 2.03. The molecule has 0 aliphatic carbocycles. The molecule has 0 spiro atoms. The molecule has 1 rings (SSSR count). The fraction of sp³-hybridized carbons (Fsp3) is 1.00. The van der Waals surface area contributed by atoms with Gasteiger partial charge in [-0.1, -0.05) is 6.42 Å². The minimum Gasteiger partial charge on any atom is -0.312 e. The second kappa shape index (κ2) is 4.07. The maximum atomic E-state index is 7.08. The summed E-state index contributed by atoms with van der Waals surface area (Å²) in [4.78, 5) is 0. The molecule has 1 heterocycles. The van der Waals surface area contributed by atoms with E-state index in [1.165, 1.54) is 32.2 Å². The van der Waals surface area contributed by atoms with E-state index in [4.69, 9.17) is 5.73 Å². The van der Waals surface area contributed by atoms with Crippen LogP contribution in [0.5, 0.6) is 0 Å². The van der Waals surface area contributed by atoms with Crippen molar-refractivity contribution < 1.29 is 0 Å². The lowest BCUT2D eigenvalue weighted by Gasteiger charge is -2.35. The fourth-order valence-corrected chi connectivity index (χ4v) is 1.81. The van der Waals surface area contributed by atoms with Crippen LogP contribution in [0.15, 0.2) is 0 Å². The molecule has 2 nitrogen and oxygen atoms in total. The van der Waals surface area contributed by atoms with Gasteiger partial charge in [-0.3, -0.25) is 5.73 Å². The highest BCUT2D eigenvalue weighted by Gasteiger charge is 2.24. The first-order chi connectivity index (χ1) is 5.27. The van der Waals surface area contributed by atoms with Gasteiger partial charge in [0.05, 0.1) is 0 Å². The molecular formula is C9H19N2. The van der Waals surface area contributed by atoms with Crippen LogP contribution < -0.4 is 11.1 Å². The van der Waals surface area contributed by atoms with Crippen LogP contribution in [-0.2, 0) is 0 Å². The van der Waals surface area contributed by atoms with Crippen molar-refractivity contribution in [1.82, 2.24) is 11.1 Å². The molecule has 0 amide bonds. The van der Waals surface area contributed by atoms with Crippen LogP contribution in [-0.4, -0.2) is 18.6 Å². The van der Waals surface area contributed by atoms with Crippen LogP contribution in [0.4, 0.5) is 0 Å². The van der Waals surface area contributed by atoms with E-state index in [-0.39, 0.29) is 0 Å². The highest BCUT2D eigenvalue weighted by atomic mass is 15.0. The second-order valence-corrected chi connectivity index (χ2v) is 3.80. The minimum absolute atomic E-state index is 0.360. The van der Waals surface area contributed by atoms with Gasteiger partial charge in [0.2, 0.25) is 0 Å². The van der Waals surface area contributed by atoms with Crippen LogP contribution in [0.3, 0.4) is 0 Å². The van der Waals surface area contributed by atoms with Crippen molar-refractivity contribution in [2.45, 2.75) is 44.6 Å². The van der Waals surface area contributed by atoms with E-state index in [9.17, 15) is 0 Å². The van der Waals surface area contributed by atoms with E-state index >= 15 is 0 Å². The lowest BCUT2D eigenvalue weighted by Crippen LogP contribution is -2.45. The van der Waals surface area contributed by atoms with Crippen molar-refractivity contribution in [2.24, 2.45) is 0 Å². The molecule has 1 aliphatic rings. The molecule has 1 unspecified atom stereocenters. The number of hydrogen-bond donors (Lipinski definition) is 1. The van der Waals surface area contributed by atoms with Crippen molar-refractivity contribution in [3.05, 3.63) is 0 Å². The van der Waals surface area contributed by atoms with Crippen LogP contribution in [0.2, 0.25) is 0 Å². The molecule has 1 fully saturated rings. The Bertz CT molecular complexity index is 106. The van der Waals surface area contributed by atoms with E-state index in [1.807, 2.05) is 0 Å². The lowest BCUT2D eigenvalue weighted by atomic mass is 9.87. The summed E-state index contributed by atoms with van der Waals surface area (Å²) < 4.78 is 0. The zero-order valence-corrected chi connectivity index (χ0v) is 7.45. The summed E-state index contributed by atoms with van der Waals surface area (Å²) in [5.41, 5.74) is 7.44. The Kier molecular flexibility index (Phi) is 3.34. The van der Waals surface area contributed by atoms with Gasteiger partial charge in [-0.25, -0.2) is 0 Å². The molecule has 65 valence electrons. The van der Waals surface area contributed by atoms with Gasteiger partial charge >= 0.3 is 0 Å². The standard InChI is InChI=1S/C9H19N2/c1-9(6-4-7-10)5-2-3-8-11-9/h10-11H,2-8H2,1H3. The Balaban J connectivity index is 2.25. The zero-order valence-electron chi connectivity index (χ0n) is 7.45. The third kappa shape index (κ3) is 2.80. The predicted octanol–water partition coefficient (Wildman–Crippen LogP) is 1.58. The Morgan fingerprint density at radius 2 is 2.27 bits per heavy atom. The lowest BCUT2D eigenvalue weighted by molar-refractivity contribution is 0.257. The van der Waals surface area contributed by atoms with E-state index < -0.39 is 0 Å². The molecule has 1 radical (unpaired) electrons. The second-order valence-electron chi connectivity index (χ2n) is 3.80. The van der Waals surface area contributed by atoms with Gasteiger partial charge in [0.15, 0.2) is 0 Å². The molecule has 0 bridgehead atoms. The topological polar surface area (TPSA) is 35.8 Å². The Hall–Kier alpha value is -0.0800. The number of piperidine rings is 1. The van der Waals surface area contributed by atoms with Crippen LogP contribution in [0, 0.1) is 0 Å². The molecule has 0 aromatic carbocycles. The molecule has 0 aromatic rings. The van der Waals surface area contributed by atoms with Gasteiger partial charge in [-0.15, -0.1) is 0 Å². The molecule has 0 saturated carbocycles. The molecular weight excluding hydrogens is 136 g/mol. The SMILES string of the molecule is CC1(CCC[NH])CCCCN1. The van der Waals surface area contributed by atoms with E-state index in [1.54, 1.807) is 0 Å². The molecule has 1 saturated heterocycles. The molecule has 11 heavy (non-hydrogen) atoms. The normalized spacial score (nSPS) is 32.2. The third-order valence-corrected chi connectivity index (χ3v) is 2.61. The fourth-order valence-electron chi connectivity index (χ4n) is 1.81. The van der Waals surface area contributed by atoms with Crippen molar-refractivity contribution >= 4 is 0 Å². The summed E-state index contributed by atoms with van der Waals surface area (Å²) in [6.45, 7) is 4.05. The first kappa shape index (κ1) is 9.01. The summed E-state index contributed by atoms with van der Waals surface area (Å²) in [5, 5.41) is 3.55. The first-order valence-electron chi connectivity index (χ1n) is 4.66. The third-order valence-electron chi connectivity index (χ3n) is 2.61. The maximum Gasteiger partial charge on any atom is 0.0153 e. The van der Waals surface area contributed by atoms with Gasteiger partial charge in [0.1, 0.15) is 0 Å². The molecule has 1 atom stereocenters. The first-order valence-corrected chi connectivity index (χ1v) is 4.66. The summed E-state index contributed by atoms with van der Waals surface area (Å²) in [6.07, 6.45) is 6.21. The van der Waals surface area contributed by atoms with Crippen LogP contribution >= 0.6 is 0 Å². The van der Waals surface area contributed by atoms with Gasteiger partial charge in [0.25, 0.3) is 0 Å². The maximum absolute atomic E-state index is 7.08. The summed E-state index contributed by atoms with van der Waals surface area (Å²) in [6, 6.07) is 0. The van der Waals surface area contributed by atoms with E-state index in [0.717, 1.165) is 6.42 Å². The highest BCUT2D eigenvalue weighted by Crippen LogP contribution is 2.22.